The van der Waals surface area contributed by atoms with Crippen LogP contribution < -0.4 is 4.74 Å². The van der Waals surface area contributed by atoms with Crippen LogP contribution in [0, 0.1) is 18.3 Å². The number of carboxylic acid groups (broad SMARTS) is 1. The van der Waals surface area contributed by atoms with Gasteiger partial charge in [0.2, 0.25) is 0 Å². The van der Waals surface area contributed by atoms with Gasteiger partial charge in [-0.3, -0.25) is 4.79 Å². The van der Waals surface area contributed by atoms with E-state index < -0.39 is 11.9 Å². The van der Waals surface area contributed by atoms with Gasteiger partial charge >= 0.3 is 5.97 Å². The van der Waals surface area contributed by atoms with Gasteiger partial charge in [0.1, 0.15) is 5.75 Å². The van der Waals surface area contributed by atoms with E-state index in [1.807, 2.05) is 24.3 Å². The number of ether oxygens (including phenoxy) is 1. The fraction of sp³-hybridized carbons (Fsp3) is 0.308. The Morgan fingerprint density at radius 1 is 1.50 bits per heavy atom. The molecule has 0 aliphatic carbocycles. The van der Waals surface area contributed by atoms with Crippen molar-refractivity contribution in [1.82, 2.24) is 0 Å². The van der Waals surface area contributed by atoms with Crippen molar-refractivity contribution in [2.45, 2.75) is 12.8 Å². The lowest BCUT2D eigenvalue weighted by Crippen LogP contribution is -2.15. The van der Waals surface area contributed by atoms with Crippen LogP contribution in [0.25, 0.3) is 0 Å². The van der Waals surface area contributed by atoms with Crippen LogP contribution in [0.1, 0.15) is 12.0 Å². The first-order valence-corrected chi connectivity index (χ1v) is 4.96. The Balaban J connectivity index is 2.70. The number of benzene rings is 1. The van der Waals surface area contributed by atoms with Crippen LogP contribution in [0.5, 0.6) is 5.75 Å². The molecule has 16 heavy (non-hydrogen) atoms. The lowest BCUT2D eigenvalue weighted by Gasteiger charge is -2.09. The summed E-state index contributed by atoms with van der Waals surface area (Å²) in [6.07, 6.45) is 5.83. The summed E-state index contributed by atoms with van der Waals surface area (Å²) in [6.45, 7) is 0. The molecule has 1 rings (SSSR count). The molecule has 3 nitrogen and oxygen atoms in total. The lowest BCUT2D eigenvalue weighted by molar-refractivity contribution is -0.141. The number of hydrogen-bond acceptors (Lipinski definition) is 2. The predicted octanol–water partition coefficient (Wildman–Crippen LogP) is 1.96. The fourth-order valence-corrected chi connectivity index (χ4v) is 1.44. The van der Waals surface area contributed by atoms with Crippen LogP contribution in [0.3, 0.4) is 0 Å². The molecule has 3 heteroatoms. The second-order valence-electron chi connectivity index (χ2n) is 3.50. The minimum absolute atomic E-state index is 0.251. The van der Waals surface area contributed by atoms with Crippen molar-refractivity contribution in [1.29, 1.82) is 0 Å². The molecule has 1 aromatic carbocycles. The van der Waals surface area contributed by atoms with E-state index in [4.69, 9.17) is 16.3 Å². The largest absolute Gasteiger partial charge is 0.497 e. The first-order chi connectivity index (χ1) is 7.67. The monoisotopic (exact) mass is 218 g/mol. The molecule has 0 fully saturated rings. The number of methoxy groups -OCH3 is 1. The normalized spacial score (nSPS) is 11.5. The van der Waals surface area contributed by atoms with Gasteiger partial charge in [-0.25, -0.2) is 0 Å². The predicted molar refractivity (Wildman–Crippen MR) is 61.3 cm³/mol. The van der Waals surface area contributed by atoms with Crippen molar-refractivity contribution in [3.63, 3.8) is 0 Å². The van der Waals surface area contributed by atoms with Gasteiger partial charge in [-0.15, -0.1) is 12.3 Å². The van der Waals surface area contributed by atoms with Gasteiger partial charge in [-0.2, -0.15) is 0 Å². The molecule has 1 atom stereocenters. The third kappa shape index (κ3) is 3.32. The number of carbonyl (C=O) groups is 1. The van der Waals surface area contributed by atoms with Crippen molar-refractivity contribution < 1.29 is 14.6 Å². The molecule has 0 radical (unpaired) electrons. The highest BCUT2D eigenvalue weighted by Gasteiger charge is 2.16. The Morgan fingerprint density at radius 2 is 2.12 bits per heavy atom. The third-order valence-corrected chi connectivity index (χ3v) is 2.35. The van der Waals surface area contributed by atoms with E-state index >= 15 is 0 Å². The molecule has 0 saturated heterocycles. The summed E-state index contributed by atoms with van der Waals surface area (Å²) in [5, 5.41) is 8.95. The molecule has 0 aliphatic rings. The van der Waals surface area contributed by atoms with Crippen LogP contribution in [-0.4, -0.2) is 18.2 Å². The average molecular weight is 218 g/mol. The molecule has 1 unspecified atom stereocenters. The van der Waals surface area contributed by atoms with Crippen LogP contribution in [0.2, 0.25) is 0 Å². The Bertz CT molecular complexity index is 387. The molecular formula is C13H14O3. The molecule has 1 N–H and O–H groups in total. The standard InChI is InChI=1S/C13H14O3/c1-3-4-11(13(14)15)9-10-5-7-12(16-2)8-6-10/h1,5-8,11H,4,9H2,2H3,(H,14,15). The molecule has 0 aromatic heterocycles. The first-order valence-electron chi connectivity index (χ1n) is 4.96. The molecule has 0 spiro atoms. The van der Waals surface area contributed by atoms with Gasteiger partial charge in [0.05, 0.1) is 13.0 Å². The highest BCUT2D eigenvalue weighted by molar-refractivity contribution is 5.70. The average Bonchev–Trinajstić information content (AvgIpc) is 2.29. The van der Waals surface area contributed by atoms with E-state index in [0.29, 0.717) is 6.42 Å². The zero-order valence-corrected chi connectivity index (χ0v) is 9.14. The van der Waals surface area contributed by atoms with Gasteiger partial charge in [-0.05, 0) is 24.1 Å². The van der Waals surface area contributed by atoms with Crippen LogP contribution >= 0.6 is 0 Å². The van der Waals surface area contributed by atoms with Crippen molar-refractivity contribution in [3.8, 4) is 18.1 Å². The second-order valence-corrected chi connectivity index (χ2v) is 3.50. The number of carboxylic acids is 1. The van der Waals surface area contributed by atoms with Crippen molar-refractivity contribution >= 4 is 5.97 Å². The van der Waals surface area contributed by atoms with E-state index in [1.54, 1.807) is 7.11 Å². The van der Waals surface area contributed by atoms with E-state index in [1.165, 1.54) is 0 Å². The van der Waals surface area contributed by atoms with Gasteiger partial charge in [0.25, 0.3) is 0 Å². The first kappa shape index (κ1) is 12.1. The summed E-state index contributed by atoms with van der Waals surface area (Å²) in [6, 6.07) is 7.32. The fourth-order valence-electron chi connectivity index (χ4n) is 1.44. The molecule has 1 aromatic rings. The summed E-state index contributed by atoms with van der Waals surface area (Å²) < 4.78 is 5.02. The summed E-state index contributed by atoms with van der Waals surface area (Å²) in [5.41, 5.74) is 0.948. The topological polar surface area (TPSA) is 46.5 Å². The highest BCUT2D eigenvalue weighted by atomic mass is 16.5. The van der Waals surface area contributed by atoms with Crippen molar-refractivity contribution in [3.05, 3.63) is 29.8 Å². The minimum Gasteiger partial charge on any atom is -0.497 e. The van der Waals surface area contributed by atoms with Crippen LogP contribution in [-0.2, 0) is 11.2 Å². The quantitative estimate of drug-likeness (QED) is 0.768. The molecule has 84 valence electrons. The highest BCUT2D eigenvalue weighted by Crippen LogP contribution is 2.16. The van der Waals surface area contributed by atoms with E-state index in [-0.39, 0.29) is 6.42 Å². The van der Waals surface area contributed by atoms with Crippen molar-refractivity contribution in [2.75, 3.05) is 7.11 Å². The Morgan fingerprint density at radius 3 is 2.56 bits per heavy atom. The number of rotatable bonds is 5. The maximum absolute atomic E-state index is 10.9. The van der Waals surface area contributed by atoms with Gasteiger partial charge < -0.3 is 9.84 Å². The zero-order valence-electron chi connectivity index (χ0n) is 9.14. The minimum atomic E-state index is -0.853. The molecule has 0 amide bonds. The lowest BCUT2D eigenvalue weighted by atomic mass is 9.97. The maximum atomic E-state index is 10.9. The molecule has 0 saturated carbocycles. The van der Waals surface area contributed by atoms with Crippen LogP contribution in [0.15, 0.2) is 24.3 Å². The summed E-state index contributed by atoms with van der Waals surface area (Å²) in [7, 11) is 1.59. The van der Waals surface area contributed by atoms with E-state index in [0.717, 1.165) is 11.3 Å². The number of terminal acetylenes is 1. The Hall–Kier alpha value is -1.95. The summed E-state index contributed by atoms with van der Waals surface area (Å²) in [5.74, 6) is 1.78. The second kappa shape index (κ2) is 5.82. The zero-order chi connectivity index (χ0) is 12.0. The summed E-state index contributed by atoms with van der Waals surface area (Å²) >= 11 is 0. The van der Waals surface area contributed by atoms with Crippen LogP contribution in [0.4, 0.5) is 0 Å². The molecular weight excluding hydrogens is 204 g/mol. The summed E-state index contributed by atoms with van der Waals surface area (Å²) in [4.78, 5) is 10.9. The van der Waals surface area contributed by atoms with Gasteiger partial charge in [0, 0.05) is 6.42 Å². The third-order valence-electron chi connectivity index (χ3n) is 2.35. The SMILES string of the molecule is C#CCC(Cc1ccc(OC)cc1)C(=O)O. The Kier molecular flexibility index (Phi) is 4.41. The number of hydrogen-bond donors (Lipinski definition) is 1. The molecule has 0 bridgehead atoms. The number of aliphatic carboxylic acids is 1. The smallest absolute Gasteiger partial charge is 0.307 e. The van der Waals surface area contributed by atoms with Gasteiger partial charge in [0.15, 0.2) is 0 Å². The Labute approximate surface area is 95.1 Å². The van der Waals surface area contributed by atoms with Gasteiger partial charge in [-0.1, -0.05) is 12.1 Å². The van der Waals surface area contributed by atoms with E-state index in [2.05, 4.69) is 5.92 Å². The molecule has 0 aliphatic heterocycles. The van der Waals surface area contributed by atoms with Crippen molar-refractivity contribution in [2.24, 2.45) is 5.92 Å². The molecule has 0 heterocycles. The van der Waals surface area contributed by atoms with E-state index in [9.17, 15) is 4.79 Å². The maximum Gasteiger partial charge on any atom is 0.307 e.